The van der Waals surface area contributed by atoms with Crippen LogP contribution in [0.5, 0.6) is 0 Å². The lowest BCUT2D eigenvalue weighted by atomic mass is 10.1. The van der Waals surface area contributed by atoms with E-state index in [-0.39, 0.29) is 5.91 Å². The van der Waals surface area contributed by atoms with Gasteiger partial charge in [-0.05, 0) is 55.8 Å². The number of fused-ring (bicyclic) bond motifs is 1. The SMILES string of the molecule is Cc1cc(N)cc(C(=O)Nc2ccc3nc(C)sc3c2)c1. The van der Waals surface area contributed by atoms with Crippen molar-refractivity contribution >= 4 is 38.8 Å². The first kappa shape index (κ1) is 13.6. The van der Waals surface area contributed by atoms with Gasteiger partial charge >= 0.3 is 0 Å². The third kappa shape index (κ3) is 2.87. The zero-order chi connectivity index (χ0) is 15.0. The molecule has 3 N–H and O–H groups in total. The summed E-state index contributed by atoms with van der Waals surface area (Å²) in [5.74, 6) is -0.161. The van der Waals surface area contributed by atoms with Crippen molar-refractivity contribution in [2.24, 2.45) is 0 Å². The summed E-state index contributed by atoms with van der Waals surface area (Å²) in [5.41, 5.74) is 9.62. The summed E-state index contributed by atoms with van der Waals surface area (Å²) in [6.45, 7) is 3.89. The Morgan fingerprint density at radius 2 is 2.00 bits per heavy atom. The van der Waals surface area contributed by atoms with Crippen molar-refractivity contribution in [2.75, 3.05) is 11.1 Å². The third-order valence-corrected chi connectivity index (χ3v) is 4.05. The lowest BCUT2D eigenvalue weighted by Crippen LogP contribution is -2.12. The minimum Gasteiger partial charge on any atom is -0.399 e. The zero-order valence-corrected chi connectivity index (χ0v) is 12.6. The average Bonchev–Trinajstić information content (AvgIpc) is 2.77. The van der Waals surface area contributed by atoms with E-state index in [1.807, 2.05) is 44.2 Å². The fourth-order valence-electron chi connectivity index (χ4n) is 2.26. The molecule has 0 radical (unpaired) electrons. The van der Waals surface area contributed by atoms with Gasteiger partial charge in [-0.15, -0.1) is 11.3 Å². The van der Waals surface area contributed by atoms with E-state index in [1.165, 1.54) is 0 Å². The number of thiazole rings is 1. The Morgan fingerprint density at radius 3 is 2.76 bits per heavy atom. The van der Waals surface area contributed by atoms with E-state index in [2.05, 4.69) is 10.3 Å². The number of hydrogen-bond donors (Lipinski definition) is 2. The normalized spacial score (nSPS) is 10.8. The van der Waals surface area contributed by atoms with Gasteiger partial charge in [-0.25, -0.2) is 4.98 Å². The summed E-state index contributed by atoms with van der Waals surface area (Å²) in [5, 5.41) is 3.91. The van der Waals surface area contributed by atoms with Crippen LogP contribution in [0.1, 0.15) is 20.9 Å². The number of aryl methyl sites for hydroxylation is 2. The Morgan fingerprint density at radius 1 is 1.19 bits per heavy atom. The maximum Gasteiger partial charge on any atom is 0.255 e. The molecule has 0 spiro atoms. The van der Waals surface area contributed by atoms with Gasteiger partial charge < -0.3 is 11.1 Å². The summed E-state index contributed by atoms with van der Waals surface area (Å²) < 4.78 is 1.06. The molecule has 0 unspecified atom stereocenters. The summed E-state index contributed by atoms with van der Waals surface area (Å²) >= 11 is 1.61. The number of anilines is 2. The third-order valence-electron chi connectivity index (χ3n) is 3.12. The zero-order valence-electron chi connectivity index (χ0n) is 11.8. The van der Waals surface area contributed by atoms with Crippen molar-refractivity contribution in [2.45, 2.75) is 13.8 Å². The number of carbonyl (C=O) groups excluding carboxylic acids is 1. The first-order valence-corrected chi connectivity index (χ1v) is 7.38. The minimum absolute atomic E-state index is 0.161. The number of carbonyl (C=O) groups is 1. The summed E-state index contributed by atoms with van der Waals surface area (Å²) in [6, 6.07) is 11.1. The van der Waals surface area contributed by atoms with Gasteiger partial charge in [0.05, 0.1) is 15.2 Å². The molecule has 106 valence electrons. The number of hydrogen-bond acceptors (Lipinski definition) is 4. The van der Waals surface area contributed by atoms with Crippen molar-refractivity contribution in [3.05, 3.63) is 52.5 Å². The van der Waals surface area contributed by atoms with Gasteiger partial charge in [0.2, 0.25) is 0 Å². The minimum atomic E-state index is -0.161. The second kappa shape index (κ2) is 5.18. The Kier molecular flexibility index (Phi) is 3.35. The maximum absolute atomic E-state index is 12.3. The van der Waals surface area contributed by atoms with Crippen molar-refractivity contribution in [1.82, 2.24) is 4.98 Å². The Labute approximate surface area is 126 Å². The molecule has 5 heteroatoms. The number of nitrogens with zero attached hydrogens (tertiary/aromatic N) is 1. The number of nitrogen functional groups attached to an aromatic ring is 1. The first-order chi connectivity index (χ1) is 10.0. The predicted octanol–water partition coefficient (Wildman–Crippen LogP) is 3.75. The molecule has 1 amide bonds. The molecule has 0 saturated carbocycles. The van der Waals surface area contributed by atoms with Gasteiger partial charge in [0, 0.05) is 16.9 Å². The first-order valence-electron chi connectivity index (χ1n) is 6.57. The molecule has 0 aliphatic heterocycles. The molecule has 3 aromatic rings. The van der Waals surface area contributed by atoms with E-state index in [1.54, 1.807) is 17.4 Å². The van der Waals surface area contributed by atoms with E-state index in [0.29, 0.717) is 11.3 Å². The molecule has 3 rings (SSSR count). The molecule has 0 bridgehead atoms. The van der Waals surface area contributed by atoms with Crippen LogP contribution in [0.25, 0.3) is 10.2 Å². The van der Waals surface area contributed by atoms with Crippen LogP contribution < -0.4 is 11.1 Å². The van der Waals surface area contributed by atoms with E-state index in [9.17, 15) is 4.79 Å². The van der Waals surface area contributed by atoms with Crippen LogP contribution in [-0.2, 0) is 0 Å². The molecule has 0 fully saturated rings. The summed E-state index contributed by atoms with van der Waals surface area (Å²) in [7, 11) is 0. The highest BCUT2D eigenvalue weighted by atomic mass is 32.1. The van der Waals surface area contributed by atoms with Crippen LogP contribution in [0.4, 0.5) is 11.4 Å². The van der Waals surface area contributed by atoms with Crippen LogP contribution in [0.3, 0.4) is 0 Å². The lowest BCUT2D eigenvalue weighted by Gasteiger charge is -2.07. The molecule has 1 aromatic heterocycles. The van der Waals surface area contributed by atoms with Gasteiger partial charge in [-0.2, -0.15) is 0 Å². The van der Waals surface area contributed by atoms with Gasteiger partial charge in [-0.1, -0.05) is 0 Å². The van der Waals surface area contributed by atoms with Crippen molar-refractivity contribution < 1.29 is 4.79 Å². The molecule has 2 aromatic carbocycles. The fourth-order valence-corrected chi connectivity index (χ4v) is 3.13. The molecule has 21 heavy (non-hydrogen) atoms. The van der Waals surface area contributed by atoms with E-state index >= 15 is 0 Å². The highest BCUT2D eigenvalue weighted by molar-refractivity contribution is 7.18. The number of aromatic nitrogens is 1. The Bertz CT molecular complexity index is 818. The number of nitrogens with two attached hydrogens (primary N) is 1. The van der Waals surface area contributed by atoms with Crippen molar-refractivity contribution in [1.29, 1.82) is 0 Å². The van der Waals surface area contributed by atoms with Crippen LogP contribution in [-0.4, -0.2) is 10.9 Å². The monoisotopic (exact) mass is 297 g/mol. The molecular formula is C16H15N3OS. The largest absolute Gasteiger partial charge is 0.399 e. The van der Waals surface area contributed by atoms with Crippen LogP contribution in [0, 0.1) is 13.8 Å². The Hall–Kier alpha value is -2.40. The standard InChI is InChI=1S/C16H15N3OS/c1-9-5-11(7-12(17)6-9)16(20)19-13-3-4-14-15(8-13)21-10(2)18-14/h3-8H,17H2,1-2H3,(H,19,20). The highest BCUT2D eigenvalue weighted by Crippen LogP contribution is 2.25. The summed E-state index contributed by atoms with van der Waals surface area (Å²) in [4.78, 5) is 16.7. The molecule has 0 atom stereocenters. The van der Waals surface area contributed by atoms with E-state index < -0.39 is 0 Å². The topological polar surface area (TPSA) is 68.0 Å². The molecule has 1 heterocycles. The molecule has 0 aliphatic rings. The van der Waals surface area contributed by atoms with E-state index in [0.717, 1.165) is 26.5 Å². The highest BCUT2D eigenvalue weighted by Gasteiger charge is 2.09. The van der Waals surface area contributed by atoms with Crippen LogP contribution >= 0.6 is 11.3 Å². The summed E-state index contributed by atoms with van der Waals surface area (Å²) in [6.07, 6.45) is 0. The molecular weight excluding hydrogens is 282 g/mol. The van der Waals surface area contributed by atoms with Gasteiger partial charge in [0.1, 0.15) is 0 Å². The second-order valence-electron chi connectivity index (χ2n) is 5.00. The van der Waals surface area contributed by atoms with E-state index in [4.69, 9.17) is 5.73 Å². The van der Waals surface area contributed by atoms with Crippen molar-refractivity contribution in [3.63, 3.8) is 0 Å². The Balaban J connectivity index is 1.88. The predicted molar refractivity (Wildman–Crippen MR) is 87.9 cm³/mol. The number of nitrogens with one attached hydrogen (secondary N) is 1. The maximum atomic E-state index is 12.3. The van der Waals surface area contributed by atoms with Gasteiger partial charge in [0.15, 0.2) is 0 Å². The number of amides is 1. The van der Waals surface area contributed by atoms with Crippen molar-refractivity contribution in [3.8, 4) is 0 Å². The number of rotatable bonds is 2. The van der Waals surface area contributed by atoms with Crippen LogP contribution in [0.2, 0.25) is 0 Å². The quantitative estimate of drug-likeness (QED) is 0.708. The lowest BCUT2D eigenvalue weighted by molar-refractivity contribution is 0.102. The fraction of sp³-hybridized carbons (Fsp3) is 0.125. The van der Waals surface area contributed by atoms with Gasteiger partial charge in [0.25, 0.3) is 5.91 Å². The smallest absolute Gasteiger partial charge is 0.255 e. The average molecular weight is 297 g/mol. The number of benzene rings is 2. The molecule has 4 nitrogen and oxygen atoms in total. The second-order valence-corrected chi connectivity index (χ2v) is 6.24. The molecule has 0 saturated heterocycles. The van der Waals surface area contributed by atoms with Gasteiger partial charge in [-0.3, -0.25) is 4.79 Å². The molecule has 0 aliphatic carbocycles. The van der Waals surface area contributed by atoms with Crippen LogP contribution in [0.15, 0.2) is 36.4 Å².